The van der Waals surface area contributed by atoms with E-state index in [-0.39, 0.29) is 5.56 Å². The summed E-state index contributed by atoms with van der Waals surface area (Å²) in [6, 6.07) is 9.92. The van der Waals surface area contributed by atoms with Gasteiger partial charge in [0.15, 0.2) is 0 Å². The normalized spacial score (nSPS) is 12.9. The van der Waals surface area contributed by atoms with Crippen LogP contribution < -0.4 is 9.84 Å². The molecule has 1 N–H and O–H groups in total. The monoisotopic (exact) mass is 362 g/mol. The van der Waals surface area contributed by atoms with Crippen LogP contribution in [-0.4, -0.2) is 18.1 Å². The molecule has 3 aromatic rings. The number of benzene rings is 2. The lowest BCUT2D eigenvalue weighted by atomic mass is 9.87. The SMILES string of the molecule is COc1ccc2[nH]cc([C@H](CC(=O)[O-])c3cccc(C(F)(F)F)c3)c2c1. The van der Waals surface area contributed by atoms with Crippen LogP contribution in [0.3, 0.4) is 0 Å². The number of halogens is 3. The van der Waals surface area contributed by atoms with E-state index in [1.807, 2.05) is 0 Å². The van der Waals surface area contributed by atoms with Crippen LogP contribution >= 0.6 is 0 Å². The van der Waals surface area contributed by atoms with Crippen molar-refractivity contribution in [2.45, 2.75) is 18.5 Å². The first kappa shape index (κ1) is 17.8. The average Bonchev–Trinajstić information content (AvgIpc) is 3.01. The van der Waals surface area contributed by atoms with Crippen LogP contribution in [-0.2, 0) is 11.0 Å². The van der Waals surface area contributed by atoms with Crippen LogP contribution in [0.25, 0.3) is 10.9 Å². The number of aliphatic carboxylic acids is 1. The summed E-state index contributed by atoms with van der Waals surface area (Å²) in [4.78, 5) is 14.3. The molecule has 2 aromatic carbocycles. The molecule has 1 heterocycles. The fourth-order valence-corrected chi connectivity index (χ4v) is 3.04. The average molecular weight is 362 g/mol. The maximum absolute atomic E-state index is 13.0. The van der Waals surface area contributed by atoms with Crippen LogP contribution in [0.4, 0.5) is 13.2 Å². The lowest BCUT2D eigenvalue weighted by Gasteiger charge is -2.19. The molecule has 0 saturated heterocycles. The van der Waals surface area contributed by atoms with Gasteiger partial charge in [-0.05, 0) is 41.8 Å². The van der Waals surface area contributed by atoms with Crippen molar-refractivity contribution in [2.75, 3.05) is 7.11 Å². The summed E-state index contributed by atoms with van der Waals surface area (Å²) in [5.74, 6) is -1.57. The second-order valence-electron chi connectivity index (χ2n) is 5.91. The molecule has 1 atom stereocenters. The first-order chi connectivity index (χ1) is 12.3. The Morgan fingerprint density at radius 2 is 2.00 bits per heavy atom. The van der Waals surface area contributed by atoms with Crippen LogP contribution in [0, 0.1) is 0 Å². The molecule has 1 aromatic heterocycles. The molecule has 0 spiro atoms. The molecule has 0 aliphatic heterocycles. The van der Waals surface area contributed by atoms with Crippen molar-refractivity contribution in [3.63, 3.8) is 0 Å². The number of aromatic amines is 1. The molecule has 0 bridgehead atoms. The summed E-state index contributed by atoms with van der Waals surface area (Å²) < 4.78 is 44.3. The van der Waals surface area contributed by atoms with Gasteiger partial charge in [-0.3, -0.25) is 0 Å². The van der Waals surface area contributed by atoms with Crippen molar-refractivity contribution in [3.8, 4) is 5.75 Å². The Labute approximate surface area is 147 Å². The van der Waals surface area contributed by atoms with Crippen LogP contribution in [0.5, 0.6) is 5.75 Å². The summed E-state index contributed by atoms with van der Waals surface area (Å²) >= 11 is 0. The number of H-pyrrole nitrogens is 1. The molecule has 0 saturated carbocycles. The number of carbonyl (C=O) groups is 1. The predicted octanol–water partition coefficient (Wildman–Crippen LogP) is 3.47. The van der Waals surface area contributed by atoms with Gasteiger partial charge in [0, 0.05) is 29.0 Å². The number of hydrogen-bond donors (Lipinski definition) is 1. The number of alkyl halides is 3. The Kier molecular flexibility index (Phi) is 4.63. The van der Waals surface area contributed by atoms with E-state index in [2.05, 4.69) is 4.98 Å². The first-order valence-corrected chi connectivity index (χ1v) is 7.81. The van der Waals surface area contributed by atoms with Gasteiger partial charge in [0.25, 0.3) is 0 Å². The van der Waals surface area contributed by atoms with Crippen LogP contribution in [0.2, 0.25) is 0 Å². The van der Waals surface area contributed by atoms with E-state index < -0.39 is 30.0 Å². The lowest BCUT2D eigenvalue weighted by molar-refractivity contribution is -0.305. The zero-order valence-corrected chi connectivity index (χ0v) is 13.8. The largest absolute Gasteiger partial charge is 0.550 e. The molecule has 0 aliphatic carbocycles. The summed E-state index contributed by atoms with van der Waals surface area (Å²) in [5, 5.41) is 11.9. The second kappa shape index (κ2) is 6.74. The first-order valence-electron chi connectivity index (χ1n) is 7.81. The Morgan fingerprint density at radius 1 is 1.23 bits per heavy atom. The summed E-state index contributed by atoms with van der Waals surface area (Å²) in [5.41, 5.74) is 0.738. The topological polar surface area (TPSA) is 65.2 Å². The highest BCUT2D eigenvalue weighted by Crippen LogP contribution is 2.37. The predicted molar refractivity (Wildman–Crippen MR) is 87.8 cm³/mol. The second-order valence-corrected chi connectivity index (χ2v) is 5.91. The summed E-state index contributed by atoms with van der Waals surface area (Å²) in [6.07, 6.45) is -3.34. The van der Waals surface area contributed by atoms with Crippen molar-refractivity contribution in [1.29, 1.82) is 0 Å². The molecule has 0 fully saturated rings. The number of rotatable bonds is 5. The van der Waals surface area contributed by atoms with Crippen LogP contribution in [0.1, 0.15) is 29.0 Å². The number of methoxy groups -OCH3 is 1. The number of ether oxygens (including phenoxy) is 1. The van der Waals surface area contributed by atoms with Crippen molar-refractivity contribution >= 4 is 16.9 Å². The highest BCUT2D eigenvalue weighted by atomic mass is 19.4. The lowest BCUT2D eigenvalue weighted by Crippen LogP contribution is -2.25. The van der Waals surface area contributed by atoms with Crippen molar-refractivity contribution in [2.24, 2.45) is 0 Å². The van der Waals surface area contributed by atoms with E-state index >= 15 is 0 Å². The third-order valence-electron chi connectivity index (χ3n) is 4.28. The molecular weight excluding hydrogens is 347 g/mol. The minimum absolute atomic E-state index is 0.257. The Balaban J connectivity index is 2.14. The van der Waals surface area contributed by atoms with Crippen molar-refractivity contribution < 1.29 is 27.8 Å². The summed E-state index contributed by atoms with van der Waals surface area (Å²) in [7, 11) is 1.50. The number of hydrogen-bond acceptors (Lipinski definition) is 3. The molecule has 26 heavy (non-hydrogen) atoms. The number of fused-ring (bicyclic) bond motifs is 1. The van der Waals surface area contributed by atoms with E-state index in [0.29, 0.717) is 16.7 Å². The maximum atomic E-state index is 13.0. The third-order valence-corrected chi connectivity index (χ3v) is 4.28. The molecule has 0 unspecified atom stereocenters. The standard InChI is InChI=1S/C19H16F3NO3/c1-26-13-5-6-17-15(8-13)16(10-23-17)14(9-18(24)25)11-3-2-4-12(7-11)19(20,21)22/h2-8,10,14,23H,9H2,1H3,(H,24,25)/p-1/t14-/m1/s1. The van der Waals surface area contributed by atoms with Gasteiger partial charge in [-0.25, -0.2) is 0 Å². The minimum atomic E-state index is -4.51. The molecule has 3 rings (SSSR count). The van der Waals surface area contributed by atoms with Gasteiger partial charge in [0.2, 0.25) is 0 Å². The Morgan fingerprint density at radius 3 is 2.65 bits per heavy atom. The molecule has 0 radical (unpaired) electrons. The molecule has 0 amide bonds. The zero-order valence-electron chi connectivity index (χ0n) is 13.8. The van der Waals surface area contributed by atoms with E-state index in [1.165, 1.54) is 19.2 Å². The maximum Gasteiger partial charge on any atom is 0.416 e. The Bertz CT molecular complexity index is 947. The summed E-state index contributed by atoms with van der Waals surface area (Å²) in [6.45, 7) is 0. The molecule has 136 valence electrons. The van der Waals surface area contributed by atoms with Gasteiger partial charge in [-0.2, -0.15) is 13.2 Å². The van der Waals surface area contributed by atoms with Gasteiger partial charge in [0.05, 0.1) is 12.7 Å². The molecule has 0 aliphatic rings. The number of carboxylic acid groups (broad SMARTS) is 1. The van der Waals surface area contributed by atoms with Crippen molar-refractivity contribution in [3.05, 3.63) is 65.4 Å². The van der Waals surface area contributed by atoms with Gasteiger partial charge in [0.1, 0.15) is 5.75 Å². The fraction of sp³-hybridized carbons (Fsp3) is 0.211. The van der Waals surface area contributed by atoms with Gasteiger partial charge < -0.3 is 19.6 Å². The van der Waals surface area contributed by atoms with E-state index in [1.54, 1.807) is 24.4 Å². The zero-order chi connectivity index (χ0) is 18.9. The van der Waals surface area contributed by atoms with Gasteiger partial charge >= 0.3 is 6.18 Å². The van der Waals surface area contributed by atoms with Gasteiger partial charge in [-0.15, -0.1) is 0 Å². The molecular formula is C19H15F3NO3-. The van der Waals surface area contributed by atoms with Crippen LogP contribution in [0.15, 0.2) is 48.7 Å². The highest BCUT2D eigenvalue weighted by molar-refractivity contribution is 5.86. The van der Waals surface area contributed by atoms with E-state index in [9.17, 15) is 23.1 Å². The Hall–Kier alpha value is -2.96. The number of nitrogens with one attached hydrogen (secondary N) is 1. The fourth-order valence-electron chi connectivity index (χ4n) is 3.04. The quantitative estimate of drug-likeness (QED) is 0.756. The molecule has 7 heteroatoms. The molecule has 4 nitrogen and oxygen atoms in total. The number of carbonyl (C=O) groups excluding carboxylic acids is 1. The van der Waals surface area contributed by atoms with Gasteiger partial charge in [-0.1, -0.05) is 18.2 Å². The highest BCUT2D eigenvalue weighted by Gasteiger charge is 2.31. The van der Waals surface area contributed by atoms with E-state index in [0.717, 1.165) is 17.6 Å². The van der Waals surface area contributed by atoms with E-state index in [4.69, 9.17) is 4.74 Å². The number of carboxylic acids is 1. The number of aromatic nitrogens is 1. The minimum Gasteiger partial charge on any atom is -0.550 e. The third kappa shape index (κ3) is 3.51. The smallest absolute Gasteiger partial charge is 0.416 e. The van der Waals surface area contributed by atoms with Crippen molar-refractivity contribution in [1.82, 2.24) is 4.98 Å².